The molecule has 0 amide bonds. The molecule has 0 N–H and O–H groups in total. The van der Waals surface area contributed by atoms with Crippen LogP contribution >= 0.6 is 0 Å². The predicted octanol–water partition coefficient (Wildman–Crippen LogP) is 18.9. The van der Waals surface area contributed by atoms with E-state index in [-0.39, 0.29) is 46.3 Å². The number of aromatic nitrogens is 1. The summed E-state index contributed by atoms with van der Waals surface area (Å²) in [6.07, 6.45) is 0. The zero-order valence-electron chi connectivity index (χ0n) is 46.3. The first kappa shape index (κ1) is 39.5. The minimum atomic E-state index is -0.622. The van der Waals surface area contributed by atoms with Crippen molar-refractivity contribution in [3.63, 3.8) is 0 Å². The van der Waals surface area contributed by atoms with E-state index >= 15 is 0 Å². The van der Waals surface area contributed by atoms with E-state index in [4.69, 9.17) is 0 Å². The van der Waals surface area contributed by atoms with E-state index in [2.05, 4.69) is 251 Å². The maximum absolute atomic E-state index is 10.1. The summed E-state index contributed by atoms with van der Waals surface area (Å²) in [5, 5.41) is 1.98. The van der Waals surface area contributed by atoms with E-state index < -0.39 is 5.41 Å². The maximum Gasteiger partial charge on any atom is 0.0713 e. The minimum absolute atomic E-state index is 0.0992. The molecule has 0 radical (unpaired) electrons. The number of hydrogen-bond acceptors (Lipinski definition) is 1. The van der Waals surface area contributed by atoms with Crippen LogP contribution in [0, 0.1) is 0 Å². The van der Waals surface area contributed by atoms with Crippen LogP contribution in [0.1, 0.15) is 77.7 Å². The number of rotatable bonds is 7. The van der Waals surface area contributed by atoms with Crippen molar-refractivity contribution in [3.8, 4) is 50.2 Å². The molecule has 0 fully saturated rings. The lowest BCUT2D eigenvalue weighted by Crippen LogP contribution is -2.28. The Morgan fingerprint density at radius 2 is 0.773 bits per heavy atom. The summed E-state index contributed by atoms with van der Waals surface area (Å²) in [5.74, 6) is 0. The Bertz CT molecular complexity index is 4370. The number of para-hydroxylation sites is 1. The maximum atomic E-state index is 10.1. The number of benzene rings is 11. The van der Waals surface area contributed by atoms with Crippen molar-refractivity contribution in [2.75, 3.05) is 4.90 Å². The third kappa shape index (κ3) is 6.14. The van der Waals surface area contributed by atoms with Gasteiger partial charge in [-0.25, -0.2) is 0 Å². The fraction of sp³-hybridized carbons (Fsp3) is 0.0959. The molecule has 12 aromatic rings. The van der Waals surface area contributed by atoms with E-state index in [1.807, 2.05) is 17.0 Å². The molecule has 75 heavy (non-hydrogen) atoms. The van der Waals surface area contributed by atoms with Crippen molar-refractivity contribution in [2.24, 2.45) is 0 Å². The van der Waals surface area contributed by atoms with Crippen LogP contribution in [0.25, 0.3) is 72.0 Å². The second kappa shape index (κ2) is 16.0. The van der Waals surface area contributed by atoms with E-state index in [9.17, 15) is 5.48 Å². The quantitative estimate of drug-likeness (QED) is 0.155. The van der Waals surface area contributed by atoms with Gasteiger partial charge in [-0.3, -0.25) is 0 Å². The topological polar surface area (TPSA) is 8.17 Å². The summed E-state index contributed by atoms with van der Waals surface area (Å²) in [6, 6.07) is 81.6. The van der Waals surface area contributed by atoms with Gasteiger partial charge in [0.15, 0.2) is 0 Å². The van der Waals surface area contributed by atoms with Crippen molar-refractivity contribution in [1.29, 1.82) is 0 Å². The predicted molar refractivity (Wildman–Crippen MR) is 313 cm³/mol. The van der Waals surface area contributed by atoms with Crippen LogP contribution in [0.5, 0.6) is 0 Å². The molecule has 0 saturated carbocycles. The first-order valence-electron chi connectivity index (χ1n) is 28.2. The lowest BCUT2D eigenvalue weighted by atomic mass is 9.67. The highest BCUT2D eigenvalue weighted by atomic mass is 15.1. The Balaban J connectivity index is 0.945. The summed E-state index contributed by atoms with van der Waals surface area (Å²) in [6.45, 7) is 9.03. The van der Waals surface area contributed by atoms with Gasteiger partial charge in [0.05, 0.1) is 21.9 Å². The Morgan fingerprint density at radius 1 is 0.333 bits per heavy atom. The third-order valence-corrected chi connectivity index (χ3v) is 17.1. The SMILES string of the molecule is [2H]c1c([2H])c(N(c2ccc3c(c2)C(C)(C)c2ccccc2-3)c2ccc3c(c2)C(C)(C)c2ccccc2-3)c([2H])c([2H])c1-c1ccc2c(c1)c1cc(C3(c4ccccc4)c4ccccc4-c4ccccc43)ccc1n2-c1ccccc1. The number of anilines is 3. The molecule has 1 heterocycles. The molecule has 11 aromatic carbocycles. The van der Waals surface area contributed by atoms with Gasteiger partial charge in [-0.05, 0) is 162 Å². The highest BCUT2D eigenvalue weighted by molar-refractivity contribution is 6.11. The van der Waals surface area contributed by atoms with Crippen LogP contribution in [0.2, 0.25) is 0 Å². The van der Waals surface area contributed by atoms with E-state index in [1.54, 1.807) is 0 Å². The van der Waals surface area contributed by atoms with Gasteiger partial charge in [-0.2, -0.15) is 0 Å². The smallest absolute Gasteiger partial charge is 0.0713 e. The fourth-order valence-electron chi connectivity index (χ4n) is 13.6. The lowest BCUT2D eigenvalue weighted by molar-refractivity contribution is 0.660. The van der Waals surface area contributed by atoms with Crippen molar-refractivity contribution in [1.82, 2.24) is 4.57 Å². The highest BCUT2D eigenvalue weighted by Gasteiger charge is 2.46. The molecular formula is C73H54N2. The molecule has 0 aliphatic heterocycles. The molecule has 0 unspecified atom stereocenters. The largest absolute Gasteiger partial charge is 0.310 e. The molecule has 2 nitrogen and oxygen atoms in total. The Kier molecular flexibility index (Phi) is 8.44. The van der Waals surface area contributed by atoms with Crippen molar-refractivity contribution in [2.45, 2.75) is 43.9 Å². The van der Waals surface area contributed by atoms with Gasteiger partial charge in [-0.1, -0.05) is 210 Å². The Labute approximate surface area is 445 Å². The molecule has 3 aliphatic rings. The Morgan fingerprint density at radius 3 is 1.32 bits per heavy atom. The van der Waals surface area contributed by atoms with E-state index in [0.29, 0.717) is 5.56 Å². The first-order chi connectivity index (χ1) is 38.4. The van der Waals surface area contributed by atoms with Crippen LogP contribution in [0.15, 0.2) is 255 Å². The monoisotopic (exact) mass is 962 g/mol. The zero-order chi connectivity index (χ0) is 53.7. The molecular weight excluding hydrogens is 905 g/mol. The van der Waals surface area contributed by atoms with Crippen LogP contribution < -0.4 is 4.90 Å². The molecule has 15 rings (SSSR count). The molecule has 0 bridgehead atoms. The molecule has 0 saturated heterocycles. The van der Waals surface area contributed by atoms with Gasteiger partial charge < -0.3 is 9.47 Å². The summed E-state index contributed by atoms with van der Waals surface area (Å²) in [7, 11) is 0. The lowest BCUT2D eigenvalue weighted by Gasteiger charge is -2.34. The molecule has 1 aromatic heterocycles. The average Bonchev–Trinajstić information content (AvgIpc) is 4.34. The van der Waals surface area contributed by atoms with Crippen molar-refractivity contribution < 1.29 is 5.48 Å². The average molecular weight is 963 g/mol. The molecule has 0 atom stereocenters. The van der Waals surface area contributed by atoms with Crippen LogP contribution in [-0.4, -0.2) is 4.57 Å². The molecule has 2 heteroatoms. The minimum Gasteiger partial charge on any atom is -0.310 e. The van der Waals surface area contributed by atoms with Crippen LogP contribution in [0.4, 0.5) is 17.1 Å². The first-order valence-corrected chi connectivity index (χ1v) is 26.2. The van der Waals surface area contributed by atoms with Gasteiger partial charge in [0, 0.05) is 44.4 Å². The van der Waals surface area contributed by atoms with Gasteiger partial charge in [0.1, 0.15) is 0 Å². The van der Waals surface area contributed by atoms with Crippen molar-refractivity contribution in [3.05, 3.63) is 299 Å². The van der Waals surface area contributed by atoms with Gasteiger partial charge in [0.25, 0.3) is 0 Å². The van der Waals surface area contributed by atoms with Crippen molar-refractivity contribution >= 4 is 38.9 Å². The summed E-state index contributed by atoms with van der Waals surface area (Å²) in [5.41, 5.74) is 21.1. The van der Waals surface area contributed by atoms with Crippen LogP contribution in [0.3, 0.4) is 0 Å². The zero-order valence-corrected chi connectivity index (χ0v) is 42.3. The standard InChI is InChI=1S/C73H54N2/c1-71(2)63-27-15-11-23-55(63)59-39-37-53(45-67(59)71)74(54-38-40-60-56-24-12-16-28-64(56)72(3,4)68(60)46-54)52-35-31-47(32-36-52)48-33-41-69-61(43-48)62-44-50(34-42-70(62)75(69)51-21-9-6-10-22-51)73(49-19-7-5-8-20-49)65-29-17-13-25-57(65)58-26-14-18-30-66(58)73/h5-46H,1-4H3/i31D,32D,35D,36D. The summed E-state index contributed by atoms with van der Waals surface area (Å²) < 4.78 is 42.7. The number of hydrogen-bond donors (Lipinski definition) is 0. The second-order valence-corrected chi connectivity index (χ2v) is 21.7. The highest BCUT2D eigenvalue weighted by Crippen LogP contribution is 2.57. The number of fused-ring (bicyclic) bond motifs is 12. The number of nitrogens with zero attached hydrogens (tertiary/aromatic N) is 2. The van der Waals surface area contributed by atoms with E-state index in [1.165, 1.54) is 50.1 Å². The van der Waals surface area contributed by atoms with E-state index in [0.717, 1.165) is 66.7 Å². The van der Waals surface area contributed by atoms with Crippen LogP contribution in [-0.2, 0) is 16.2 Å². The summed E-state index contributed by atoms with van der Waals surface area (Å²) in [4.78, 5) is 1.98. The summed E-state index contributed by atoms with van der Waals surface area (Å²) >= 11 is 0. The van der Waals surface area contributed by atoms with Gasteiger partial charge >= 0.3 is 0 Å². The van der Waals surface area contributed by atoms with Gasteiger partial charge in [-0.15, -0.1) is 0 Å². The normalized spacial score (nSPS) is 15.5. The molecule has 0 spiro atoms. The Hall–Kier alpha value is -8.98. The molecule has 3 aliphatic carbocycles. The van der Waals surface area contributed by atoms with Gasteiger partial charge in [0.2, 0.25) is 0 Å². The third-order valence-electron chi connectivity index (χ3n) is 17.1. The fourth-order valence-corrected chi connectivity index (χ4v) is 13.6. The second-order valence-electron chi connectivity index (χ2n) is 21.7. The molecule has 356 valence electrons.